The van der Waals surface area contributed by atoms with Gasteiger partial charge in [0.2, 0.25) is 5.91 Å². The van der Waals surface area contributed by atoms with Gasteiger partial charge in [0.25, 0.3) is 5.91 Å². The molecule has 0 aliphatic rings. The van der Waals surface area contributed by atoms with Crippen LogP contribution < -0.4 is 5.32 Å². The van der Waals surface area contributed by atoms with E-state index in [1.807, 2.05) is 24.3 Å². The van der Waals surface area contributed by atoms with Crippen LogP contribution in [0.1, 0.15) is 17.6 Å². The van der Waals surface area contributed by atoms with Crippen molar-refractivity contribution in [1.29, 1.82) is 0 Å². The number of fused-ring (bicyclic) bond motifs is 1. The van der Waals surface area contributed by atoms with Crippen LogP contribution in [-0.2, 0) is 25.6 Å². The van der Waals surface area contributed by atoms with Crippen molar-refractivity contribution in [3.63, 3.8) is 0 Å². The number of carbonyl (C=O) groups is 2. The van der Waals surface area contributed by atoms with Gasteiger partial charge in [-0.3, -0.25) is 9.59 Å². The second-order valence-electron chi connectivity index (χ2n) is 6.95. The Labute approximate surface area is 180 Å². The molecule has 10 nitrogen and oxygen atoms in total. The summed E-state index contributed by atoms with van der Waals surface area (Å²) in [4.78, 5) is 27.9. The van der Waals surface area contributed by atoms with Crippen molar-refractivity contribution >= 4 is 22.8 Å². The van der Waals surface area contributed by atoms with Crippen LogP contribution in [0.5, 0.6) is 0 Å². The Morgan fingerprint density at radius 1 is 1.16 bits per heavy atom. The number of benzene rings is 1. The van der Waals surface area contributed by atoms with E-state index in [0.29, 0.717) is 30.2 Å². The zero-order chi connectivity index (χ0) is 22.2. The van der Waals surface area contributed by atoms with Crippen LogP contribution in [0.25, 0.3) is 11.0 Å². The number of nitrogens with zero attached hydrogens (tertiary/aromatic N) is 4. The van der Waals surface area contributed by atoms with E-state index in [9.17, 15) is 9.59 Å². The van der Waals surface area contributed by atoms with Gasteiger partial charge < -0.3 is 24.1 Å². The van der Waals surface area contributed by atoms with Gasteiger partial charge in [0.1, 0.15) is 23.6 Å². The largest absolute Gasteiger partial charge is 0.464 e. The van der Waals surface area contributed by atoms with Gasteiger partial charge in [-0.05, 0) is 31.2 Å². The smallest absolute Gasteiger partial charge is 0.250 e. The van der Waals surface area contributed by atoms with Crippen LogP contribution in [-0.4, -0.2) is 72.2 Å². The minimum atomic E-state index is -0.956. The van der Waals surface area contributed by atoms with Crippen molar-refractivity contribution in [1.82, 2.24) is 25.2 Å². The molecule has 0 aliphatic carbocycles. The molecule has 166 valence electrons. The topological polar surface area (TPSA) is 112 Å². The average molecular weight is 429 g/mol. The highest BCUT2D eigenvalue weighted by Gasteiger charge is 2.34. The van der Waals surface area contributed by atoms with E-state index in [-0.39, 0.29) is 31.5 Å². The zero-order valence-corrected chi connectivity index (χ0v) is 17.9. The maximum atomic E-state index is 13.4. The molecule has 0 aliphatic heterocycles. The fourth-order valence-corrected chi connectivity index (χ4v) is 3.24. The number of hydrogen-bond donors (Lipinski definition) is 1. The molecule has 2 amide bonds. The number of hydrogen-bond acceptors (Lipinski definition) is 7. The van der Waals surface area contributed by atoms with E-state index in [1.54, 1.807) is 26.2 Å². The lowest BCUT2D eigenvalue weighted by Crippen LogP contribution is -2.46. The summed E-state index contributed by atoms with van der Waals surface area (Å²) < 4.78 is 17.4. The first-order chi connectivity index (χ1) is 15.0. The molecule has 0 bridgehead atoms. The number of ether oxygens (including phenoxy) is 2. The van der Waals surface area contributed by atoms with E-state index >= 15 is 0 Å². The Kier molecular flexibility index (Phi) is 7.74. The Bertz CT molecular complexity index is 1010. The van der Waals surface area contributed by atoms with Crippen LogP contribution in [0.2, 0.25) is 0 Å². The van der Waals surface area contributed by atoms with Crippen LogP contribution in [0, 0.1) is 6.92 Å². The number of aromatic nitrogens is 3. The Balaban J connectivity index is 1.89. The van der Waals surface area contributed by atoms with Gasteiger partial charge >= 0.3 is 0 Å². The van der Waals surface area contributed by atoms with Crippen molar-refractivity contribution < 1.29 is 23.5 Å². The molecule has 2 heterocycles. The summed E-state index contributed by atoms with van der Waals surface area (Å²) in [5.41, 5.74) is 1.42. The second-order valence-corrected chi connectivity index (χ2v) is 6.95. The first kappa shape index (κ1) is 22.4. The molecule has 0 saturated carbocycles. The minimum Gasteiger partial charge on any atom is -0.464 e. The van der Waals surface area contributed by atoms with E-state index in [4.69, 9.17) is 13.9 Å². The highest BCUT2D eigenvalue weighted by Crippen LogP contribution is 2.24. The van der Waals surface area contributed by atoms with Gasteiger partial charge in [-0.1, -0.05) is 17.3 Å². The molecule has 0 saturated heterocycles. The van der Waals surface area contributed by atoms with Crippen molar-refractivity contribution in [2.24, 2.45) is 0 Å². The molecule has 3 rings (SSSR count). The van der Waals surface area contributed by atoms with Gasteiger partial charge in [-0.25, -0.2) is 4.68 Å². The second kappa shape index (κ2) is 10.7. The number of methoxy groups -OCH3 is 2. The standard InChI is InChI=1S/C21H27N5O5/c1-15-8-9-18(31-15)20(21(28)22-10-12-29-2)25(11-13-30-3)19(27)14-26-17-7-5-4-6-16(17)23-24-26/h4-9,20H,10-14H2,1-3H3,(H,22,28)/t20-/m0/s1. The summed E-state index contributed by atoms with van der Waals surface area (Å²) in [7, 11) is 3.09. The zero-order valence-electron chi connectivity index (χ0n) is 17.9. The number of carbonyl (C=O) groups excluding carboxylic acids is 2. The predicted octanol–water partition coefficient (Wildman–Crippen LogP) is 1.31. The summed E-state index contributed by atoms with van der Waals surface area (Å²) in [5.74, 6) is 0.347. The number of amides is 2. The first-order valence-corrected chi connectivity index (χ1v) is 9.94. The van der Waals surface area contributed by atoms with Gasteiger partial charge in [0, 0.05) is 27.3 Å². The summed E-state index contributed by atoms with van der Waals surface area (Å²) in [6.45, 7) is 2.83. The highest BCUT2D eigenvalue weighted by molar-refractivity contribution is 5.88. The molecule has 1 aromatic carbocycles. The average Bonchev–Trinajstić information content (AvgIpc) is 3.37. The molecule has 10 heteroatoms. The third kappa shape index (κ3) is 5.47. The van der Waals surface area contributed by atoms with Crippen molar-refractivity contribution in [3.8, 4) is 0 Å². The number of rotatable bonds is 11. The maximum absolute atomic E-state index is 13.4. The number of para-hydroxylation sites is 1. The molecular weight excluding hydrogens is 402 g/mol. The summed E-state index contributed by atoms with van der Waals surface area (Å²) >= 11 is 0. The molecule has 0 spiro atoms. The number of furan rings is 1. The molecule has 2 aromatic heterocycles. The lowest BCUT2D eigenvalue weighted by Gasteiger charge is -2.29. The Morgan fingerprint density at radius 3 is 2.65 bits per heavy atom. The molecule has 0 unspecified atom stereocenters. The SMILES string of the molecule is COCCNC(=O)[C@H](c1ccc(C)o1)N(CCOC)C(=O)Cn1nnc2ccccc21. The minimum absolute atomic E-state index is 0.0776. The molecular formula is C21H27N5O5. The quantitative estimate of drug-likeness (QED) is 0.458. The fraction of sp³-hybridized carbons (Fsp3) is 0.429. The molecule has 0 fully saturated rings. The van der Waals surface area contributed by atoms with E-state index in [0.717, 1.165) is 5.52 Å². The lowest BCUT2D eigenvalue weighted by atomic mass is 10.1. The van der Waals surface area contributed by atoms with Gasteiger partial charge in [-0.15, -0.1) is 5.10 Å². The van der Waals surface area contributed by atoms with Crippen molar-refractivity contribution in [3.05, 3.63) is 47.9 Å². The van der Waals surface area contributed by atoms with Gasteiger partial charge in [0.15, 0.2) is 6.04 Å². The highest BCUT2D eigenvalue weighted by atomic mass is 16.5. The summed E-state index contributed by atoms with van der Waals surface area (Å²) in [6, 6.07) is 9.88. The third-order valence-corrected chi connectivity index (χ3v) is 4.76. The molecule has 1 atom stereocenters. The molecule has 1 N–H and O–H groups in total. The molecule has 0 radical (unpaired) electrons. The van der Waals surface area contributed by atoms with E-state index < -0.39 is 6.04 Å². The van der Waals surface area contributed by atoms with Crippen LogP contribution in [0.15, 0.2) is 40.8 Å². The van der Waals surface area contributed by atoms with Crippen molar-refractivity contribution in [2.75, 3.05) is 40.5 Å². The third-order valence-electron chi connectivity index (χ3n) is 4.76. The first-order valence-electron chi connectivity index (χ1n) is 9.94. The van der Waals surface area contributed by atoms with Crippen LogP contribution in [0.3, 0.4) is 0 Å². The van der Waals surface area contributed by atoms with Crippen LogP contribution in [0.4, 0.5) is 0 Å². The summed E-state index contributed by atoms with van der Waals surface area (Å²) in [5, 5.41) is 11.0. The van der Waals surface area contributed by atoms with Gasteiger partial charge in [0.05, 0.1) is 18.7 Å². The van der Waals surface area contributed by atoms with Crippen LogP contribution >= 0.6 is 0 Å². The van der Waals surface area contributed by atoms with E-state index in [1.165, 1.54) is 16.7 Å². The van der Waals surface area contributed by atoms with Gasteiger partial charge in [-0.2, -0.15) is 0 Å². The molecule has 31 heavy (non-hydrogen) atoms. The maximum Gasteiger partial charge on any atom is 0.250 e. The monoisotopic (exact) mass is 429 g/mol. The fourth-order valence-electron chi connectivity index (χ4n) is 3.24. The number of nitrogens with one attached hydrogen (secondary N) is 1. The Morgan fingerprint density at radius 2 is 1.94 bits per heavy atom. The normalized spacial score (nSPS) is 12.1. The Hall–Kier alpha value is -3.24. The summed E-state index contributed by atoms with van der Waals surface area (Å²) in [6.07, 6.45) is 0. The van der Waals surface area contributed by atoms with Crippen molar-refractivity contribution in [2.45, 2.75) is 19.5 Å². The predicted molar refractivity (Wildman–Crippen MR) is 112 cm³/mol. The molecule has 3 aromatic rings. The van der Waals surface area contributed by atoms with E-state index in [2.05, 4.69) is 15.6 Å². The number of aryl methyl sites for hydroxylation is 1. The lowest BCUT2D eigenvalue weighted by molar-refractivity contribution is -0.143.